The van der Waals surface area contributed by atoms with Crippen LogP contribution < -0.4 is 0 Å². The molecule has 1 aliphatic heterocycles. The second-order valence-electron chi connectivity index (χ2n) is 3.45. The molecule has 0 aromatic rings. The summed E-state index contributed by atoms with van der Waals surface area (Å²) in [5.74, 6) is 0. The summed E-state index contributed by atoms with van der Waals surface area (Å²) >= 11 is 0. The highest BCUT2D eigenvalue weighted by Gasteiger charge is 2.63. The zero-order valence-electron chi connectivity index (χ0n) is 6.64. The van der Waals surface area contributed by atoms with Gasteiger partial charge >= 0.3 is 0 Å². The van der Waals surface area contributed by atoms with E-state index in [-0.39, 0.29) is 11.2 Å². The summed E-state index contributed by atoms with van der Waals surface area (Å²) in [7, 11) is 0. The molecule has 2 atom stereocenters. The average Bonchev–Trinajstić information content (AvgIpc) is 2.38. The van der Waals surface area contributed by atoms with Gasteiger partial charge in [-0.25, -0.2) is 0 Å². The summed E-state index contributed by atoms with van der Waals surface area (Å²) in [6, 6.07) is 0. The second-order valence-corrected chi connectivity index (χ2v) is 3.45. The predicted molar refractivity (Wildman–Crippen MR) is 40.8 cm³/mol. The van der Waals surface area contributed by atoms with Gasteiger partial charge in [0.25, 0.3) is 0 Å². The fraction of sp³-hybridized carbons (Fsp3) is 0.556. The van der Waals surface area contributed by atoms with Gasteiger partial charge in [0, 0.05) is 0 Å². The molecule has 0 amide bonds. The van der Waals surface area contributed by atoms with E-state index in [0.717, 1.165) is 0 Å². The zero-order valence-corrected chi connectivity index (χ0v) is 6.64. The Morgan fingerprint density at radius 3 is 2.60 bits per heavy atom. The van der Waals surface area contributed by atoms with Crippen molar-refractivity contribution in [3.8, 4) is 0 Å². The van der Waals surface area contributed by atoms with E-state index in [0.29, 0.717) is 0 Å². The lowest BCUT2D eigenvalue weighted by atomic mass is 9.86. The topological polar surface area (TPSA) is 12.5 Å². The SMILES string of the molecule is CC1=CC=CC2(C)OC12C. The van der Waals surface area contributed by atoms with Gasteiger partial charge in [-0.1, -0.05) is 12.2 Å². The molecule has 2 unspecified atom stereocenters. The second kappa shape index (κ2) is 1.37. The Morgan fingerprint density at radius 1 is 1.40 bits per heavy atom. The number of rotatable bonds is 0. The van der Waals surface area contributed by atoms with Crippen LogP contribution in [0.2, 0.25) is 0 Å². The largest absolute Gasteiger partial charge is 0.354 e. The molecule has 0 saturated carbocycles. The highest BCUT2D eigenvalue weighted by molar-refractivity contribution is 5.42. The molecular formula is C9H12O. The Balaban J connectivity index is 2.44. The molecule has 10 heavy (non-hydrogen) atoms. The van der Waals surface area contributed by atoms with Crippen LogP contribution in [0.25, 0.3) is 0 Å². The summed E-state index contributed by atoms with van der Waals surface area (Å²) in [5.41, 5.74) is 1.35. The Morgan fingerprint density at radius 2 is 2.10 bits per heavy atom. The third-order valence-electron chi connectivity index (χ3n) is 2.83. The molecule has 0 spiro atoms. The first-order valence-corrected chi connectivity index (χ1v) is 3.65. The van der Waals surface area contributed by atoms with Gasteiger partial charge in [0.15, 0.2) is 0 Å². The Bertz CT molecular complexity index is 239. The van der Waals surface area contributed by atoms with Gasteiger partial charge in [0.1, 0.15) is 11.2 Å². The summed E-state index contributed by atoms with van der Waals surface area (Å²) in [4.78, 5) is 0. The third-order valence-corrected chi connectivity index (χ3v) is 2.83. The van der Waals surface area contributed by atoms with Crippen LogP contribution in [-0.4, -0.2) is 11.2 Å². The lowest BCUT2D eigenvalue weighted by Gasteiger charge is -2.12. The van der Waals surface area contributed by atoms with E-state index in [2.05, 4.69) is 39.0 Å². The van der Waals surface area contributed by atoms with Crippen molar-refractivity contribution in [2.24, 2.45) is 0 Å². The minimum atomic E-state index is 0.00579. The lowest BCUT2D eigenvalue weighted by molar-refractivity contribution is 0.317. The first kappa shape index (κ1) is 6.17. The van der Waals surface area contributed by atoms with Crippen molar-refractivity contribution in [1.29, 1.82) is 0 Å². The van der Waals surface area contributed by atoms with Gasteiger partial charge < -0.3 is 4.74 Å². The van der Waals surface area contributed by atoms with E-state index in [1.807, 2.05) is 0 Å². The van der Waals surface area contributed by atoms with Crippen LogP contribution in [0.15, 0.2) is 23.8 Å². The fourth-order valence-corrected chi connectivity index (χ4v) is 1.60. The Kier molecular flexibility index (Phi) is 0.848. The van der Waals surface area contributed by atoms with Crippen molar-refractivity contribution < 1.29 is 4.74 Å². The minimum Gasteiger partial charge on any atom is -0.354 e. The summed E-state index contributed by atoms with van der Waals surface area (Å²) in [5, 5.41) is 0. The molecule has 1 saturated heterocycles. The number of hydrogen-bond acceptors (Lipinski definition) is 1. The van der Waals surface area contributed by atoms with Crippen molar-refractivity contribution in [2.75, 3.05) is 0 Å². The standard InChI is InChI=1S/C9H12O/c1-7-5-4-6-8(2)9(7,3)10-8/h4-6H,1-3H3. The summed E-state index contributed by atoms with van der Waals surface area (Å²) < 4.78 is 5.61. The van der Waals surface area contributed by atoms with Crippen LogP contribution >= 0.6 is 0 Å². The highest BCUT2D eigenvalue weighted by Crippen LogP contribution is 2.54. The number of allylic oxidation sites excluding steroid dienone is 2. The zero-order chi connectivity index (χ0) is 7.41. The van der Waals surface area contributed by atoms with Crippen molar-refractivity contribution in [1.82, 2.24) is 0 Å². The molecule has 2 rings (SSSR count). The molecule has 1 aliphatic carbocycles. The number of fused-ring (bicyclic) bond motifs is 1. The molecule has 1 heterocycles. The van der Waals surface area contributed by atoms with Gasteiger partial charge in [-0.3, -0.25) is 0 Å². The smallest absolute Gasteiger partial charge is 0.120 e. The van der Waals surface area contributed by atoms with E-state index in [4.69, 9.17) is 4.74 Å². The molecule has 1 fully saturated rings. The molecule has 0 aromatic heterocycles. The van der Waals surface area contributed by atoms with Crippen molar-refractivity contribution >= 4 is 0 Å². The van der Waals surface area contributed by atoms with Crippen molar-refractivity contribution in [3.63, 3.8) is 0 Å². The summed E-state index contributed by atoms with van der Waals surface area (Å²) in [6.45, 7) is 6.39. The van der Waals surface area contributed by atoms with Crippen LogP contribution in [0, 0.1) is 0 Å². The minimum absolute atomic E-state index is 0.00579. The van der Waals surface area contributed by atoms with Crippen LogP contribution in [0.1, 0.15) is 20.8 Å². The van der Waals surface area contributed by atoms with E-state index >= 15 is 0 Å². The molecule has 0 radical (unpaired) electrons. The molecule has 0 aromatic carbocycles. The third kappa shape index (κ3) is 0.477. The van der Waals surface area contributed by atoms with Gasteiger partial charge in [-0.2, -0.15) is 0 Å². The maximum absolute atomic E-state index is 5.61. The van der Waals surface area contributed by atoms with E-state index in [1.54, 1.807) is 0 Å². The number of ether oxygens (including phenoxy) is 1. The quantitative estimate of drug-likeness (QED) is 0.464. The van der Waals surface area contributed by atoms with Gasteiger partial charge in [-0.15, -0.1) is 0 Å². The molecule has 2 aliphatic rings. The molecule has 54 valence electrons. The van der Waals surface area contributed by atoms with Crippen LogP contribution in [-0.2, 0) is 4.74 Å². The van der Waals surface area contributed by atoms with Crippen molar-refractivity contribution in [2.45, 2.75) is 32.0 Å². The van der Waals surface area contributed by atoms with Crippen LogP contribution in [0.4, 0.5) is 0 Å². The first-order valence-electron chi connectivity index (χ1n) is 3.65. The lowest BCUT2D eigenvalue weighted by Crippen LogP contribution is -2.20. The maximum atomic E-state index is 5.61. The molecular weight excluding hydrogens is 124 g/mol. The fourth-order valence-electron chi connectivity index (χ4n) is 1.60. The molecule has 0 N–H and O–H groups in total. The van der Waals surface area contributed by atoms with Crippen LogP contribution in [0.5, 0.6) is 0 Å². The Hall–Kier alpha value is -0.560. The van der Waals surface area contributed by atoms with Crippen LogP contribution in [0.3, 0.4) is 0 Å². The monoisotopic (exact) mass is 136 g/mol. The first-order chi connectivity index (χ1) is 4.58. The Labute approximate surface area is 61.4 Å². The normalized spacial score (nSPS) is 50.1. The average molecular weight is 136 g/mol. The molecule has 1 nitrogen and oxygen atoms in total. The number of hydrogen-bond donors (Lipinski definition) is 0. The molecule has 0 bridgehead atoms. The van der Waals surface area contributed by atoms with E-state index in [1.165, 1.54) is 5.57 Å². The van der Waals surface area contributed by atoms with E-state index in [9.17, 15) is 0 Å². The van der Waals surface area contributed by atoms with Gasteiger partial charge in [0.05, 0.1) is 0 Å². The number of epoxide rings is 1. The van der Waals surface area contributed by atoms with Gasteiger partial charge in [-0.05, 0) is 32.4 Å². The molecule has 1 heteroatoms. The van der Waals surface area contributed by atoms with Crippen molar-refractivity contribution in [3.05, 3.63) is 23.8 Å². The van der Waals surface area contributed by atoms with E-state index < -0.39 is 0 Å². The van der Waals surface area contributed by atoms with Gasteiger partial charge in [0.2, 0.25) is 0 Å². The summed E-state index contributed by atoms with van der Waals surface area (Å²) in [6.07, 6.45) is 6.32. The maximum Gasteiger partial charge on any atom is 0.120 e. The predicted octanol–water partition coefficient (Wildman–Crippen LogP) is 2.05. The highest BCUT2D eigenvalue weighted by atomic mass is 16.6.